The van der Waals surface area contributed by atoms with Crippen molar-refractivity contribution < 1.29 is 4.74 Å². The maximum absolute atomic E-state index is 6.25. The van der Waals surface area contributed by atoms with Crippen molar-refractivity contribution in [3.8, 4) is 0 Å². The van der Waals surface area contributed by atoms with Crippen molar-refractivity contribution in [3.63, 3.8) is 0 Å². The van der Waals surface area contributed by atoms with Gasteiger partial charge in [0.25, 0.3) is 0 Å². The maximum Gasteiger partial charge on any atom is 0.0917 e. The topological polar surface area (TPSA) is 9.23 Å². The molecule has 0 amide bonds. The molecule has 0 radical (unpaired) electrons. The molecule has 88 valence electrons. The summed E-state index contributed by atoms with van der Waals surface area (Å²) in [6.07, 6.45) is 1.86. The zero-order valence-corrected chi connectivity index (χ0v) is 11.0. The Morgan fingerprint density at radius 2 is 1.88 bits per heavy atom. The second-order valence-electron chi connectivity index (χ2n) is 5.05. The highest BCUT2D eigenvalue weighted by Crippen LogP contribution is 2.37. The number of hydrogen-bond donors (Lipinski definition) is 0. The van der Waals surface area contributed by atoms with E-state index in [0.29, 0.717) is 0 Å². The Kier molecular flexibility index (Phi) is 3.27. The molecule has 0 spiro atoms. The van der Waals surface area contributed by atoms with Crippen molar-refractivity contribution in [3.05, 3.63) is 34.9 Å². The van der Waals surface area contributed by atoms with Gasteiger partial charge in [0.05, 0.1) is 5.60 Å². The Hall–Kier alpha value is -0.530. The molecule has 1 nitrogen and oxygen atoms in total. The maximum atomic E-state index is 6.25. The van der Waals surface area contributed by atoms with Crippen molar-refractivity contribution in [2.24, 2.45) is 0 Å². The number of hydrogen-bond acceptors (Lipinski definition) is 1. The average molecular weight is 239 g/mol. The van der Waals surface area contributed by atoms with Crippen LogP contribution in [0.4, 0.5) is 0 Å². The number of halogens is 1. The quantitative estimate of drug-likeness (QED) is 0.674. The molecule has 1 aromatic carbocycles. The molecule has 2 unspecified atom stereocenters. The van der Waals surface area contributed by atoms with E-state index in [1.807, 2.05) is 0 Å². The highest BCUT2D eigenvalue weighted by Gasteiger charge is 2.34. The zero-order valence-electron chi connectivity index (χ0n) is 10.2. The van der Waals surface area contributed by atoms with E-state index < -0.39 is 0 Å². The summed E-state index contributed by atoms with van der Waals surface area (Å²) >= 11 is 6.25. The van der Waals surface area contributed by atoms with Gasteiger partial charge in [-0.3, -0.25) is 0 Å². The van der Waals surface area contributed by atoms with Crippen LogP contribution in [-0.2, 0) is 10.3 Å². The van der Waals surface area contributed by atoms with Gasteiger partial charge in [-0.15, -0.1) is 11.6 Å². The first-order valence-corrected chi connectivity index (χ1v) is 6.30. The van der Waals surface area contributed by atoms with Gasteiger partial charge in [0.1, 0.15) is 0 Å². The molecule has 1 aliphatic heterocycles. The van der Waals surface area contributed by atoms with Crippen LogP contribution >= 0.6 is 11.6 Å². The van der Waals surface area contributed by atoms with Gasteiger partial charge in [-0.25, -0.2) is 0 Å². The lowest BCUT2D eigenvalue weighted by Crippen LogP contribution is -2.35. The van der Waals surface area contributed by atoms with Gasteiger partial charge in [-0.1, -0.05) is 29.3 Å². The van der Waals surface area contributed by atoms with Crippen molar-refractivity contribution in [2.75, 3.05) is 6.61 Å². The van der Waals surface area contributed by atoms with Gasteiger partial charge in [0.2, 0.25) is 0 Å². The van der Waals surface area contributed by atoms with E-state index in [2.05, 4.69) is 39.0 Å². The van der Waals surface area contributed by atoms with Gasteiger partial charge in [0, 0.05) is 12.0 Å². The van der Waals surface area contributed by atoms with Crippen LogP contribution in [0.3, 0.4) is 0 Å². The Morgan fingerprint density at radius 3 is 2.44 bits per heavy atom. The molecule has 0 N–H and O–H groups in total. The predicted molar refractivity (Wildman–Crippen MR) is 68.1 cm³/mol. The summed E-state index contributed by atoms with van der Waals surface area (Å²) in [5.74, 6) is 0. The van der Waals surface area contributed by atoms with Crippen molar-refractivity contribution in [1.29, 1.82) is 0 Å². The summed E-state index contributed by atoms with van der Waals surface area (Å²) in [7, 11) is 0. The summed E-state index contributed by atoms with van der Waals surface area (Å²) in [6.45, 7) is 7.16. The summed E-state index contributed by atoms with van der Waals surface area (Å²) < 4.78 is 5.95. The van der Waals surface area contributed by atoms with Crippen molar-refractivity contribution >= 4 is 11.6 Å². The first kappa shape index (κ1) is 11.9. The molecule has 1 heterocycles. The predicted octanol–water partition coefficient (Wildman–Crippen LogP) is 3.94. The summed E-state index contributed by atoms with van der Waals surface area (Å²) in [5.41, 5.74) is 3.63. The smallest absolute Gasteiger partial charge is 0.0917 e. The monoisotopic (exact) mass is 238 g/mol. The van der Waals surface area contributed by atoms with E-state index in [1.54, 1.807) is 0 Å². The fraction of sp³-hybridized carbons (Fsp3) is 0.571. The molecule has 0 aromatic heterocycles. The molecule has 0 bridgehead atoms. The average Bonchev–Trinajstić information content (AvgIpc) is 2.15. The molecule has 1 aliphatic rings. The van der Waals surface area contributed by atoms with Crippen LogP contribution < -0.4 is 0 Å². The lowest BCUT2D eigenvalue weighted by Gasteiger charge is -2.37. The third kappa shape index (κ3) is 2.41. The fourth-order valence-electron chi connectivity index (χ4n) is 2.48. The minimum atomic E-state index is -0.207. The molecular weight excluding hydrogens is 220 g/mol. The van der Waals surface area contributed by atoms with Crippen LogP contribution in [0, 0.1) is 13.8 Å². The first-order chi connectivity index (χ1) is 7.49. The number of alkyl halides is 1. The van der Waals surface area contributed by atoms with Crippen LogP contribution in [-0.4, -0.2) is 12.0 Å². The molecule has 2 heteroatoms. The van der Waals surface area contributed by atoms with Gasteiger partial charge in [-0.05, 0) is 39.2 Å². The van der Waals surface area contributed by atoms with Crippen LogP contribution in [0.1, 0.15) is 36.5 Å². The molecule has 1 aromatic rings. The molecule has 0 saturated carbocycles. The van der Waals surface area contributed by atoms with E-state index >= 15 is 0 Å². The molecule has 2 atom stereocenters. The summed E-state index contributed by atoms with van der Waals surface area (Å²) in [4.78, 5) is 0. The molecule has 16 heavy (non-hydrogen) atoms. The van der Waals surface area contributed by atoms with Gasteiger partial charge < -0.3 is 4.74 Å². The fourth-order valence-corrected chi connectivity index (χ4v) is 2.86. The van der Waals surface area contributed by atoms with Crippen molar-refractivity contribution in [2.45, 2.75) is 44.6 Å². The number of rotatable bonds is 1. The van der Waals surface area contributed by atoms with E-state index in [4.69, 9.17) is 16.3 Å². The van der Waals surface area contributed by atoms with Crippen LogP contribution in [0.5, 0.6) is 0 Å². The largest absolute Gasteiger partial charge is 0.370 e. The van der Waals surface area contributed by atoms with Gasteiger partial charge in [0.15, 0.2) is 0 Å². The normalized spacial score (nSPS) is 30.4. The molecule has 2 rings (SSSR count). The van der Waals surface area contributed by atoms with Crippen LogP contribution in [0.15, 0.2) is 18.2 Å². The van der Waals surface area contributed by atoms with Crippen LogP contribution in [0.25, 0.3) is 0 Å². The Labute approximate surface area is 103 Å². The molecular formula is C14H19ClO. The van der Waals surface area contributed by atoms with E-state index in [1.165, 1.54) is 16.7 Å². The van der Waals surface area contributed by atoms with Gasteiger partial charge >= 0.3 is 0 Å². The Bertz CT molecular complexity index is 368. The number of aryl methyl sites for hydroxylation is 2. The molecule has 1 fully saturated rings. The zero-order chi connectivity index (χ0) is 11.8. The highest BCUT2D eigenvalue weighted by atomic mass is 35.5. The first-order valence-electron chi connectivity index (χ1n) is 5.86. The SMILES string of the molecule is Cc1cc(C)cc(C2(C)CC(Cl)CCO2)c1. The van der Waals surface area contributed by atoms with Crippen LogP contribution in [0.2, 0.25) is 0 Å². The minimum Gasteiger partial charge on any atom is -0.370 e. The molecule has 1 saturated heterocycles. The van der Waals surface area contributed by atoms with Gasteiger partial charge in [-0.2, -0.15) is 0 Å². The third-order valence-electron chi connectivity index (χ3n) is 3.30. The minimum absolute atomic E-state index is 0.207. The third-order valence-corrected chi connectivity index (χ3v) is 3.67. The van der Waals surface area contributed by atoms with E-state index in [-0.39, 0.29) is 11.0 Å². The standard InChI is InChI=1S/C14H19ClO/c1-10-6-11(2)8-12(7-10)14(3)9-13(15)4-5-16-14/h6-8,13H,4-5,9H2,1-3H3. The Balaban J connectivity index is 2.34. The molecule has 0 aliphatic carbocycles. The lowest BCUT2D eigenvalue weighted by atomic mass is 9.86. The number of ether oxygens (including phenoxy) is 1. The lowest BCUT2D eigenvalue weighted by molar-refractivity contribution is -0.0684. The number of benzene rings is 1. The highest BCUT2D eigenvalue weighted by molar-refractivity contribution is 6.20. The van der Waals surface area contributed by atoms with Crippen molar-refractivity contribution in [1.82, 2.24) is 0 Å². The summed E-state index contributed by atoms with van der Waals surface area (Å²) in [6, 6.07) is 6.61. The second-order valence-corrected chi connectivity index (χ2v) is 5.66. The van der Waals surface area contributed by atoms with E-state index in [9.17, 15) is 0 Å². The Morgan fingerprint density at radius 1 is 1.25 bits per heavy atom. The van der Waals surface area contributed by atoms with E-state index in [0.717, 1.165) is 19.4 Å². The second kappa shape index (κ2) is 4.38. The summed E-state index contributed by atoms with van der Waals surface area (Å²) in [5, 5.41) is 0.236.